The molecule has 4 bridgehead atoms. The Hall–Kier alpha value is -2.64. The maximum Gasteiger partial charge on any atom is 0.0332 e. The topological polar surface area (TPSA) is 0 Å². The second-order valence-corrected chi connectivity index (χ2v) is 12.5. The van der Waals surface area contributed by atoms with Gasteiger partial charge in [-0.15, -0.1) is 0 Å². The molecule has 4 saturated carbocycles. The number of benzene rings is 5. The summed E-state index contributed by atoms with van der Waals surface area (Å²) < 4.78 is 1.20. The first-order valence-corrected chi connectivity index (χ1v) is 14.1. The molecule has 0 atom stereocenters. The van der Waals surface area contributed by atoms with E-state index in [0.717, 1.165) is 17.8 Å². The molecule has 0 saturated heterocycles. The summed E-state index contributed by atoms with van der Waals surface area (Å²) in [5.74, 6) is 2.87. The average molecular weight is 518 g/mol. The first-order valence-electron chi connectivity index (χ1n) is 13.3. The minimum absolute atomic E-state index is 0.400. The molecule has 0 N–H and O–H groups in total. The lowest BCUT2D eigenvalue weighted by Gasteiger charge is -2.57. The van der Waals surface area contributed by atoms with E-state index >= 15 is 0 Å². The Morgan fingerprint density at radius 2 is 0.971 bits per heavy atom. The van der Waals surface area contributed by atoms with Gasteiger partial charge in [0.25, 0.3) is 0 Å². The molecule has 5 aromatic carbocycles. The van der Waals surface area contributed by atoms with Crippen molar-refractivity contribution in [2.75, 3.05) is 0 Å². The van der Waals surface area contributed by atoms with Gasteiger partial charge in [0.15, 0.2) is 0 Å². The quantitative estimate of drug-likeness (QED) is 0.204. The van der Waals surface area contributed by atoms with E-state index in [1.165, 1.54) is 86.4 Å². The molecule has 0 aromatic heterocycles. The molecule has 0 aliphatic heterocycles. The van der Waals surface area contributed by atoms with Crippen molar-refractivity contribution >= 4 is 48.2 Å². The summed E-state index contributed by atoms with van der Waals surface area (Å²) in [6, 6.07) is 32.0. The normalized spacial score (nSPS) is 27.3. The lowest BCUT2D eigenvalue weighted by atomic mass is 9.47. The van der Waals surface area contributed by atoms with Crippen LogP contribution in [0.4, 0.5) is 0 Å². The predicted octanol–water partition coefficient (Wildman–Crippen LogP) is 10.0. The van der Waals surface area contributed by atoms with Crippen LogP contribution in [0, 0.1) is 17.8 Å². The Bertz CT molecular complexity index is 1550. The van der Waals surface area contributed by atoms with Crippen LogP contribution in [0.2, 0.25) is 0 Å². The molecule has 0 nitrogen and oxygen atoms in total. The van der Waals surface area contributed by atoms with Crippen LogP contribution in [-0.4, -0.2) is 0 Å². The van der Waals surface area contributed by atoms with E-state index in [4.69, 9.17) is 0 Å². The van der Waals surface area contributed by atoms with Crippen molar-refractivity contribution in [1.29, 1.82) is 0 Å². The van der Waals surface area contributed by atoms with Gasteiger partial charge in [0.2, 0.25) is 0 Å². The van der Waals surface area contributed by atoms with Gasteiger partial charge in [-0.2, -0.15) is 0 Å². The second kappa shape index (κ2) is 7.43. The summed E-state index contributed by atoms with van der Waals surface area (Å²) in [6.45, 7) is 0. The van der Waals surface area contributed by atoms with Gasteiger partial charge in [0.05, 0.1) is 0 Å². The molecule has 35 heavy (non-hydrogen) atoms. The highest BCUT2D eigenvalue weighted by atomic mass is 79.9. The number of rotatable bonds is 2. The third kappa shape index (κ3) is 2.91. The molecule has 0 unspecified atom stereocenters. The van der Waals surface area contributed by atoms with E-state index in [2.05, 4.69) is 101 Å². The van der Waals surface area contributed by atoms with Crippen LogP contribution in [0.5, 0.6) is 0 Å². The Morgan fingerprint density at radius 3 is 1.51 bits per heavy atom. The van der Waals surface area contributed by atoms with E-state index in [-0.39, 0.29) is 0 Å². The van der Waals surface area contributed by atoms with E-state index in [1.807, 2.05) is 0 Å². The van der Waals surface area contributed by atoms with Crippen molar-refractivity contribution in [3.63, 3.8) is 0 Å². The number of halogens is 1. The summed E-state index contributed by atoms with van der Waals surface area (Å²) >= 11 is 3.94. The summed E-state index contributed by atoms with van der Waals surface area (Å²) in [5, 5.41) is 8.13. The fourth-order valence-electron chi connectivity index (χ4n) is 8.79. The van der Waals surface area contributed by atoms with Crippen LogP contribution >= 0.6 is 15.9 Å². The van der Waals surface area contributed by atoms with Crippen molar-refractivity contribution in [2.24, 2.45) is 17.8 Å². The van der Waals surface area contributed by atoms with Gasteiger partial charge < -0.3 is 0 Å². The van der Waals surface area contributed by atoms with E-state index in [0.29, 0.717) is 5.41 Å². The molecular formula is C34H29Br. The van der Waals surface area contributed by atoms with Gasteiger partial charge in [-0.05, 0) is 127 Å². The number of hydrogen-bond acceptors (Lipinski definition) is 0. The third-order valence-electron chi connectivity index (χ3n) is 9.67. The Balaban J connectivity index is 1.43. The maximum absolute atomic E-state index is 3.94. The molecule has 0 heterocycles. The molecule has 0 spiro atoms. The molecule has 172 valence electrons. The molecule has 0 radical (unpaired) electrons. The van der Waals surface area contributed by atoms with Crippen molar-refractivity contribution in [1.82, 2.24) is 0 Å². The van der Waals surface area contributed by atoms with Gasteiger partial charge in [-0.25, -0.2) is 0 Å². The van der Waals surface area contributed by atoms with Crippen molar-refractivity contribution < 1.29 is 0 Å². The summed E-state index contributed by atoms with van der Waals surface area (Å²) in [4.78, 5) is 0. The van der Waals surface area contributed by atoms with Crippen LogP contribution in [0.25, 0.3) is 43.4 Å². The highest BCUT2D eigenvalue weighted by Crippen LogP contribution is 2.61. The monoisotopic (exact) mass is 516 g/mol. The molecule has 4 fully saturated rings. The first-order chi connectivity index (χ1) is 17.2. The Morgan fingerprint density at radius 1 is 0.514 bits per heavy atom. The van der Waals surface area contributed by atoms with Gasteiger partial charge in [0.1, 0.15) is 0 Å². The molecule has 5 aromatic rings. The lowest BCUT2D eigenvalue weighted by Crippen LogP contribution is -2.48. The second-order valence-electron chi connectivity index (χ2n) is 11.7. The van der Waals surface area contributed by atoms with E-state index < -0.39 is 0 Å². The van der Waals surface area contributed by atoms with Crippen LogP contribution in [-0.2, 0) is 5.41 Å². The SMILES string of the molecule is Brc1c2ccccc2c(-c2ccc(C34CC5CC(CC(C5)C3)C4)c3ccccc23)c2ccccc12. The molecule has 9 rings (SSSR count). The van der Waals surface area contributed by atoms with Crippen LogP contribution < -0.4 is 0 Å². The standard InChI is InChI=1S/C34H29Br/c35-33-29-11-5-3-9-26(29)32(27-10-4-6-12-30(27)33)28-13-14-31(25-8-2-1-7-24(25)28)34-18-21-15-22(19-34)17-23(16-21)20-34/h1-14,21-23H,15-20H2. The first kappa shape index (κ1) is 20.5. The fourth-order valence-corrected chi connectivity index (χ4v) is 9.48. The van der Waals surface area contributed by atoms with Crippen LogP contribution in [0.15, 0.2) is 89.4 Å². The van der Waals surface area contributed by atoms with Gasteiger partial charge in [-0.1, -0.05) is 84.9 Å². The van der Waals surface area contributed by atoms with Gasteiger partial charge in [-0.3, -0.25) is 0 Å². The van der Waals surface area contributed by atoms with E-state index in [1.54, 1.807) is 5.56 Å². The lowest BCUT2D eigenvalue weighted by molar-refractivity contribution is -0.00449. The Kier molecular flexibility index (Phi) is 4.36. The largest absolute Gasteiger partial charge is 0.0616 e. The fraction of sp³-hybridized carbons (Fsp3) is 0.294. The smallest absolute Gasteiger partial charge is 0.0332 e. The average Bonchev–Trinajstić information content (AvgIpc) is 2.88. The van der Waals surface area contributed by atoms with Crippen molar-refractivity contribution in [2.45, 2.75) is 43.9 Å². The maximum atomic E-state index is 3.94. The van der Waals surface area contributed by atoms with Gasteiger partial charge in [0, 0.05) is 4.47 Å². The summed E-state index contributed by atoms with van der Waals surface area (Å²) in [7, 11) is 0. The van der Waals surface area contributed by atoms with E-state index in [9.17, 15) is 0 Å². The number of fused-ring (bicyclic) bond motifs is 3. The zero-order valence-electron chi connectivity index (χ0n) is 19.9. The minimum atomic E-state index is 0.400. The van der Waals surface area contributed by atoms with Gasteiger partial charge >= 0.3 is 0 Å². The zero-order chi connectivity index (χ0) is 23.1. The van der Waals surface area contributed by atoms with Crippen LogP contribution in [0.3, 0.4) is 0 Å². The summed E-state index contributed by atoms with van der Waals surface area (Å²) in [6.07, 6.45) is 8.70. The molecular weight excluding hydrogens is 488 g/mol. The predicted molar refractivity (Wildman–Crippen MR) is 152 cm³/mol. The highest BCUT2D eigenvalue weighted by molar-refractivity contribution is 9.10. The van der Waals surface area contributed by atoms with Crippen molar-refractivity contribution in [3.05, 3.63) is 95.0 Å². The molecule has 4 aliphatic carbocycles. The molecule has 4 aliphatic rings. The zero-order valence-corrected chi connectivity index (χ0v) is 21.5. The minimum Gasteiger partial charge on any atom is -0.0616 e. The van der Waals surface area contributed by atoms with Crippen LogP contribution in [0.1, 0.15) is 44.1 Å². The highest BCUT2D eigenvalue weighted by Gasteiger charge is 2.52. The molecule has 0 amide bonds. The summed E-state index contributed by atoms with van der Waals surface area (Å²) in [5.41, 5.74) is 4.78. The number of hydrogen-bond donors (Lipinski definition) is 0. The van der Waals surface area contributed by atoms with Crippen molar-refractivity contribution in [3.8, 4) is 11.1 Å². The Labute approximate surface area is 215 Å². The molecule has 1 heteroatoms. The third-order valence-corrected chi connectivity index (χ3v) is 10.5.